The average Bonchev–Trinajstić information content (AvgIpc) is 2.15. The zero-order valence-electron chi connectivity index (χ0n) is 8.18. The second-order valence-corrected chi connectivity index (χ2v) is 4.29. The molecule has 0 fully saturated rings. The Labute approximate surface area is 97.7 Å². The predicted molar refractivity (Wildman–Crippen MR) is 62.8 cm³/mol. The Kier molecular flexibility index (Phi) is 4.89. The van der Waals surface area contributed by atoms with Gasteiger partial charge in [-0.05, 0) is 24.7 Å². The molecule has 0 bridgehead atoms. The minimum Gasteiger partial charge on any atom is -0.383 e. The van der Waals surface area contributed by atoms with Crippen LogP contribution in [0.25, 0.3) is 0 Å². The number of hydrogen-bond donors (Lipinski definition) is 1. The average molecular weight is 279 g/mol. The molecule has 0 aliphatic carbocycles. The lowest BCUT2D eigenvalue weighted by molar-refractivity contribution is 0.170. The number of rotatable bonds is 4. The number of benzene rings is 1. The third-order valence-electron chi connectivity index (χ3n) is 2.02. The molecule has 1 rings (SSSR count). The van der Waals surface area contributed by atoms with E-state index >= 15 is 0 Å². The van der Waals surface area contributed by atoms with Gasteiger partial charge in [0.25, 0.3) is 0 Å². The molecular formula is C10H13BrClNO. The molecule has 1 N–H and O–H groups in total. The standard InChI is InChI=1S/C10H13BrClNO/c1-13-10(6-14-2)8-4-3-7(11)5-9(8)12/h3-5,10,13H,6H2,1-2H3. The van der Waals surface area contributed by atoms with Crippen molar-refractivity contribution in [3.63, 3.8) is 0 Å². The lowest BCUT2D eigenvalue weighted by atomic mass is 10.1. The molecule has 0 aliphatic heterocycles. The van der Waals surface area contributed by atoms with Crippen molar-refractivity contribution in [1.29, 1.82) is 0 Å². The van der Waals surface area contributed by atoms with Crippen LogP contribution in [-0.2, 0) is 4.74 Å². The second kappa shape index (κ2) is 5.71. The van der Waals surface area contributed by atoms with Crippen LogP contribution in [0, 0.1) is 0 Å². The number of halogens is 2. The highest BCUT2D eigenvalue weighted by Gasteiger charge is 2.12. The Morgan fingerprint density at radius 2 is 2.29 bits per heavy atom. The van der Waals surface area contributed by atoms with Crippen molar-refractivity contribution >= 4 is 27.5 Å². The molecular weight excluding hydrogens is 265 g/mol. The molecule has 4 heteroatoms. The summed E-state index contributed by atoms with van der Waals surface area (Å²) in [5, 5.41) is 3.90. The van der Waals surface area contributed by atoms with E-state index in [-0.39, 0.29) is 6.04 Å². The summed E-state index contributed by atoms with van der Waals surface area (Å²) in [4.78, 5) is 0. The summed E-state index contributed by atoms with van der Waals surface area (Å²) < 4.78 is 6.09. The smallest absolute Gasteiger partial charge is 0.0658 e. The Balaban J connectivity index is 2.92. The molecule has 1 aromatic rings. The topological polar surface area (TPSA) is 21.3 Å². The Morgan fingerprint density at radius 3 is 2.79 bits per heavy atom. The fraction of sp³-hybridized carbons (Fsp3) is 0.400. The largest absolute Gasteiger partial charge is 0.383 e. The summed E-state index contributed by atoms with van der Waals surface area (Å²) in [5.74, 6) is 0. The fourth-order valence-electron chi connectivity index (χ4n) is 1.28. The minimum absolute atomic E-state index is 0.139. The lowest BCUT2D eigenvalue weighted by Crippen LogP contribution is -2.21. The Bertz CT molecular complexity index is 306. The van der Waals surface area contributed by atoms with Crippen LogP contribution in [0.1, 0.15) is 11.6 Å². The van der Waals surface area contributed by atoms with Crippen molar-refractivity contribution in [3.05, 3.63) is 33.3 Å². The summed E-state index contributed by atoms with van der Waals surface area (Å²) >= 11 is 9.48. The van der Waals surface area contributed by atoms with E-state index < -0.39 is 0 Å². The van der Waals surface area contributed by atoms with Gasteiger partial charge in [-0.2, -0.15) is 0 Å². The molecule has 0 aliphatic rings. The maximum Gasteiger partial charge on any atom is 0.0658 e. The Hall–Kier alpha value is -0.0900. The zero-order chi connectivity index (χ0) is 10.6. The molecule has 0 saturated carbocycles. The molecule has 0 saturated heterocycles. The number of likely N-dealkylation sites (N-methyl/N-ethyl adjacent to an activating group) is 1. The molecule has 1 unspecified atom stereocenters. The normalized spacial score (nSPS) is 12.9. The number of ether oxygens (including phenoxy) is 1. The second-order valence-electron chi connectivity index (χ2n) is 2.96. The predicted octanol–water partition coefficient (Wildman–Crippen LogP) is 3.01. The molecule has 2 nitrogen and oxygen atoms in total. The molecule has 1 atom stereocenters. The van der Waals surface area contributed by atoms with Crippen LogP contribution >= 0.6 is 27.5 Å². The van der Waals surface area contributed by atoms with Crippen LogP contribution in [0.5, 0.6) is 0 Å². The van der Waals surface area contributed by atoms with E-state index in [2.05, 4.69) is 21.2 Å². The van der Waals surface area contributed by atoms with Crippen molar-refractivity contribution in [1.82, 2.24) is 5.32 Å². The van der Waals surface area contributed by atoms with E-state index in [1.807, 2.05) is 25.2 Å². The van der Waals surface area contributed by atoms with Gasteiger partial charge in [0.2, 0.25) is 0 Å². The van der Waals surface area contributed by atoms with Gasteiger partial charge >= 0.3 is 0 Å². The van der Waals surface area contributed by atoms with E-state index in [4.69, 9.17) is 16.3 Å². The van der Waals surface area contributed by atoms with Crippen molar-refractivity contribution in [2.24, 2.45) is 0 Å². The van der Waals surface area contributed by atoms with Gasteiger partial charge in [-0.15, -0.1) is 0 Å². The van der Waals surface area contributed by atoms with Gasteiger partial charge in [-0.1, -0.05) is 33.6 Å². The molecule has 0 radical (unpaired) electrons. The zero-order valence-corrected chi connectivity index (χ0v) is 10.5. The number of hydrogen-bond acceptors (Lipinski definition) is 2. The summed E-state index contributed by atoms with van der Waals surface area (Å²) in [7, 11) is 3.57. The van der Waals surface area contributed by atoms with Crippen molar-refractivity contribution in [2.75, 3.05) is 20.8 Å². The van der Waals surface area contributed by atoms with E-state index in [9.17, 15) is 0 Å². The highest BCUT2D eigenvalue weighted by molar-refractivity contribution is 9.10. The van der Waals surface area contributed by atoms with Gasteiger partial charge in [-0.3, -0.25) is 0 Å². The molecule has 1 aromatic carbocycles. The number of nitrogens with one attached hydrogen (secondary N) is 1. The van der Waals surface area contributed by atoms with E-state index in [0.717, 1.165) is 15.1 Å². The third-order valence-corrected chi connectivity index (χ3v) is 2.84. The highest BCUT2D eigenvalue weighted by atomic mass is 79.9. The molecule has 0 spiro atoms. The van der Waals surface area contributed by atoms with Crippen LogP contribution in [0.15, 0.2) is 22.7 Å². The quantitative estimate of drug-likeness (QED) is 0.914. The van der Waals surface area contributed by atoms with Crippen LogP contribution in [-0.4, -0.2) is 20.8 Å². The van der Waals surface area contributed by atoms with E-state index in [0.29, 0.717) is 6.61 Å². The first-order chi connectivity index (χ1) is 6.69. The molecule has 14 heavy (non-hydrogen) atoms. The highest BCUT2D eigenvalue weighted by Crippen LogP contribution is 2.26. The molecule has 0 amide bonds. The van der Waals surface area contributed by atoms with Crippen LogP contribution in [0.2, 0.25) is 5.02 Å². The SMILES string of the molecule is CNC(COC)c1ccc(Br)cc1Cl. The maximum absolute atomic E-state index is 6.11. The summed E-state index contributed by atoms with van der Waals surface area (Å²) in [6.07, 6.45) is 0. The molecule has 0 heterocycles. The Morgan fingerprint density at radius 1 is 1.57 bits per heavy atom. The van der Waals surface area contributed by atoms with Gasteiger partial charge in [0.15, 0.2) is 0 Å². The van der Waals surface area contributed by atoms with Gasteiger partial charge in [0, 0.05) is 16.6 Å². The van der Waals surface area contributed by atoms with Crippen molar-refractivity contribution in [3.8, 4) is 0 Å². The van der Waals surface area contributed by atoms with Gasteiger partial charge < -0.3 is 10.1 Å². The minimum atomic E-state index is 0.139. The van der Waals surface area contributed by atoms with Crippen molar-refractivity contribution in [2.45, 2.75) is 6.04 Å². The van der Waals surface area contributed by atoms with E-state index in [1.165, 1.54) is 0 Å². The van der Waals surface area contributed by atoms with Crippen LogP contribution < -0.4 is 5.32 Å². The van der Waals surface area contributed by atoms with E-state index in [1.54, 1.807) is 7.11 Å². The number of methoxy groups -OCH3 is 1. The summed E-state index contributed by atoms with van der Waals surface area (Å²) in [6.45, 7) is 0.609. The summed E-state index contributed by atoms with van der Waals surface area (Å²) in [6, 6.07) is 5.99. The maximum atomic E-state index is 6.11. The first kappa shape index (κ1) is 12.0. The third kappa shape index (κ3) is 2.95. The first-order valence-corrected chi connectivity index (χ1v) is 5.47. The lowest BCUT2D eigenvalue weighted by Gasteiger charge is -2.16. The fourth-order valence-corrected chi connectivity index (χ4v) is 2.08. The first-order valence-electron chi connectivity index (χ1n) is 4.30. The molecule has 0 aromatic heterocycles. The monoisotopic (exact) mass is 277 g/mol. The van der Waals surface area contributed by atoms with Gasteiger partial charge in [-0.25, -0.2) is 0 Å². The van der Waals surface area contributed by atoms with Gasteiger partial charge in [0.05, 0.1) is 12.6 Å². The summed E-state index contributed by atoms with van der Waals surface area (Å²) in [5.41, 5.74) is 1.05. The molecule has 78 valence electrons. The van der Waals surface area contributed by atoms with Crippen LogP contribution in [0.3, 0.4) is 0 Å². The van der Waals surface area contributed by atoms with Crippen LogP contribution in [0.4, 0.5) is 0 Å². The van der Waals surface area contributed by atoms with Gasteiger partial charge in [0.1, 0.15) is 0 Å². The van der Waals surface area contributed by atoms with Crippen molar-refractivity contribution < 1.29 is 4.74 Å².